The molecule has 2 N–H and O–H groups in total. The average Bonchev–Trinajstić information content (AvgIpc) is 2.72. The second-order valence-corrected chi connectivity index (χ2v) is 6.68. The minimum absolute atomic E-state index is 0.0170. The van der Waals surface area contributed by atoms with Crippen molar-refractivity contribution < 1.29 is 23.5 Å². The molecule has 29 heavy (non-hydrogen) atoms. The number of carbonyl (C=O) groups excluding carboxylic acids is 3. The monoisotopic (exact) mass is 400 g/mol. The van der Waals surface area contributed by atoms with E-state index in [1.165, 1.54) is 25.3 Å². The second kappa shape index (κ2) is 10.9. The number of nitrogens with one attached hydrogen (secondary N) is 2. The van der Waals surface area contributed by atoms with Gasteiger partial charge in [-0.2, -0.15) is 0 Å². The smallest absolute Gasteiger partial charge is 0.328 e. The molecule has 0 saturated heterocycles. The van der Waals surface area contributed by atoms with E-state index in [-0.39, 0.29) is 31.2 Å². The van der Waals surface area contributed by atoms with E-state index < -0.39 is 23.7 Å². The van der Waals surface area contributed by atoms with Gasteiger partial charge in [0.05, 0.1) is 13.2 Å². The molecule has 0 saturated carbocycles. The van der Waals surface area contributed by atoms with Gasteiger partial charge in [-0.3, -0.25) is 9.59 Å². The first-order valence-corrected chi connectivity index (χ1v) is 9.35. The van der Waals surface area contributed by atoms with E-state index in [2.05, 4.69) is 10.6 Å². The van der Waals surface area contributed by atoms with Crippen LogP contribution in [0.5, 0.6) is 0 Å². The van der Waals surface area contributed by atoms with Gasteiger partial charge in [0, 0.05) is 19.3 Å². The summed E-state index contributed by atoms with van der Waals surface area (Å²) in [4.78, 5) is 36.3. The quantitative estimate of drug-likeness (QED) is 0.634. The van der Waals surface area contributed by atoms with Crippen LogP contribution in [0, 0.1) is 5.82 Å². The van der Waals surface area contributed by atoms with Crippen LogP contribution < -0.4 is 10.6 Å². The van der Waals surface area contributed by atoms with Crippen LogP contribution in [-0.4, -0.2) is 30.9 Å². The highest BCUT2D eigenvalue weighted by Gasteiger charge is 2.22. The Morgan fingerprint density at radius 1 is 0.966 bits per heavy atom. The lowest BCUT2D eigenvalue weighted by atomic mass is 10.1. The van der Waals surface area contributed by atoms with Crippen molar-refractivity contribution in [2.24, 2.45) is 0 Å². The number of benzene rings is 2. The van der Waals surface area contributed by atoms with Gasteiger partial charge >= 0.3 is 5.97 Å². The van der Waals surface area contributed by atoms with Crippen LogP contribution in [0.25, 0.3) is 0 Å². The summed E-state index contributed by atoms with van der Waals surface area (Å²) in [6.45, 7) is 1.86. The van der Waals surface area contributed by atoms with Gasteiger partial charge in [-0.15, -0.1) is 0 Å². The zero-order valence-corrected chi connectivity index (χ0v) is 16.5. The van der Waals surface area contributed by atoms with E-state index in [0.29, 0.717) is 5.56 Å². The average molecular weight is 400 g/mol. The number of hydrogen-bond acceptors (Lipinski definition) is 4. The predicted octanol–water partition coefficient (Wildman–Crippen LogP) is 2.68. The van der Waals surface area contributed by atoms with E-state index >= 15 is 0 Å². The van der Waals surface area contributed by atoms with Gasteiger partial charge in [0.25, 0.3) is 0 Å². The van der Waals surface area contributed by atoms with Crippen molar-refractivity contribution >= 4 is 17.8 Å². The molecular weight excluding hydrogens is 375 g/mol. The molecule has 2 aromatic rings. The molecule has 0 aliphatic heterocycles. The molecule has 0 heterocycles. The first-order valence-electron chi connectivity index (χ1n) is 9.35. The van der Waals surface area contributed by atoms with Gasteiger partial charge < -0.3 is 15.4 Å². The Kier molecular flexibility index (Phi) is 8.33. The summed E-state index contributed by atoms with van der Waals surface area (Å²) in [6.07, 6.45) is -0.00569. The summed E-state index contributed by atoms with van der Waals surface area (Å²) in [5.41, 5.74) is 1.52. The van der Waals surface area contributed by atoms with Crippen molar-refractivity contribution in [3.8, 4) is 0 Å². The van der Waals surface area contributed by atoms with E-state index in [1.54, 1.807) is 6.07 Å². The molecule has 154 valence electrons. The molecule has 2 rings (SSSR count). The molecule has 0 fully saturated rings. The number of esters is 1. The van der Waals surface area contributed by atoms with Crippen LogP contribution >= 0.6 is 0 Å². The summed E-state index contributed by atoms with van der Waals surface area (Å²) < 4.78 is 18.1. The largest absolute Gasteiger partial charge is 0.467 e. The Bertz CT molecular complexity index is 842. The SMILES string of the molecule is COC(=O)[C@@H](Cc1cccc(F)c1)NC(=O)CCC(=O)N[C@H](C)c1ccccc1. The lowest BCUT2D eigenvalue weighted by molar-refractivity contribution is -0.145. The fourth-order valence-electron chi connectivity index (χ4n) is 2.87. The topological polar surface area (TPSA) is 84.5 Å². The minimum atomic E-state index is -0.958. The van der Waals surface area contributed by atoms with Crippen LogP contribution in [0.2, 0.25) is 0 Å². The lowest BCUT2D eigenvalue weighted by Gasteiger charge is -2.17. The molecule has 2 amide bonds. The maximum absolute atomic E-state index is 13.4. The number of hydrogen-bond donors (Lipinski definition) is 2. The van der Waals surface area contributed by atoms with Gasteiger partial charge in [0.2, 0.25) is 11.8 Å². The van der Waals surface area contributed by atoms with Crippen molar-refractivity contribution in [2.45, 2.75) is 38.3 Å². The molecule has 0 aliphatic rings. The molecule has 7 heteroatoms. The summed E-state index contributed by atoms with van der Waals surface area (Å²) in [6, 6.07) is 14.1. The standard InChI is InChI=1S/C22H25FN2O4/c1-15(17-8-4-3-5-9-17)24-20(26)11-12-21(27)25-19(22(28)29-2)14-16-7-6-10-18(23)13-16/h3-10,13,15,19H,11-12,14H2,1-2H3,(H,24,26)(H,25,27)/t15-,19-/m1/s1. The first-order chi connectivity index (χ1) is 13.9. The predicted molar refractivity (Wildman–Crippen MR) is 106 cm³/mol. The number of amides is 2. The maximum atomic E-state index is 13.4. The van der Waals surface area contributed by atoms with Crippen molar-refractivity contribution in [1.82, 2.24) is 10.6 Å². The number of ether oxygens (including phenoxy) is 1. The fourth-order valence-corrected chi connectivity index (χ4v) is 2.87. The first kappa shape index (κ1) is 22.1. The fraction of sp³-hybridized carbons (Fsp3) is 0.318. The number of carbonyl (C=O) groups is 3. The van der Waals surface area contributed by atoms with Crippen LogP contribution in [0.15, 0.2) is 54.6 Å². The van der Waals surface area contributed by atoms with Gasteiger partial charge in [0.15, 0.2) is 0 Å². The van der Waals surface area contributed by atoms with Crippen molar-refractivity contribution in [3.05, 3.63) is 71.5 Å². The van der Waals surface area contributed by atoms with Crippen LogP contribution in [0.1, 0.15) is 36.9 Å². The zero-order valence-electron chi connectivity index (χ0n) is 16.5. The second-order valence-electron chi connectivity index (χ2n) is 6.68. The molecule has 0 aromatic heterocycles. The highest BCUT2D eigenvalue weighted by atomic mass is 19.1. The van der Waals surface area contributed by atoms with Gasteiger partial charge in [0.1, 0.15) is 11.9 Å². The summed E-state index contributed by atoms with van der Waals surface area (Å²) in [7, 11) is 1.21. The molecule has 0 unspecified atom stereocenters. The highest BCUT2D eigenvalue weighted by Crippen LogP contribution is 2.12. The Hall–Kier alpha value is -3.22. The van der Waals surface area contributed by atoms with Crippen LogP contribution in [0.4, 0.5) is 4.39 Å². The Morgan fingerprint density at radius 3 is 2.24 bits per heavy atom. The van der Waals surface area contributed by atoms with E-state index in [4.69, 9.17) is 4.74 Å². The third kappa shape index (κ3) is 7.37. The number of rotatable bonds is 9. The number of methoxy groups -OCH3 is 1. The summed E-state index contributed by atoms with van der Waals surface area (Å²) in [5, 5.41) is 5.39. The Balaban J connectivity index is 1.86. The van der Waals surface area contributed by atoms with Crippen LogP contribution in [-0.2, 0) is 25.5 Å². The minimum Gasteiger partial charge on any atom is -0.467 e. The Labute approximate surface area is 169 Å². The van der Waals surface area contributed by atoms with E-state index in [9.17, 15) is 18.8 Å². The van der Waals surface area contributed by atoms with Gasteiger partial charge in [-0.1, -0.05) is 42.5 Å². The molecule has 0 spiro atoms. The Morgan fingerprint density at radius 2 is 1.62 bits per heavy atom. The van der Waals surface area contributed by atoms with E-state index in [1.807, 2.05) is 37.3 Å². The molecule has 6 nitrogen and oxygen atoms in total. The normalized spacial score (nSPS) is 12.5. The van der Waals surface area contributed by atoms with Gasteiger partial charge in [-0.05, 0) is 30.2 Å². The summed E-state index contributed by atoms with van der Waals surface area (Å²) in [5.74, 6) is -1.79. The highest BCUT2D eigenvalue weighted by molar-refractivity contribution is 5.87. The molecular formula is C22H25FN2O4. The molecule has 0 bridgehead atoms. The zero-order chi connectivity index (χ0) is 21.2. The maximum Gasteiger partial charge on any atom is 0.328 e. The number of halogens is 1. The third-order valence-electron chi connectivity index (χ3n) is 4.41. The van der Waals surface area contributed by atoms with Crippen LogP contribution in [0.3, 0.4) is 0 Å². The summed E-state index contributed by atoms with van der Waals surface area (Å²) >= 11 is 0. The molecule has 2 atom stereocenters. The van der Waals surface area contributed by atoms with E-state index in [0.717, 1.165) is 5.56 Å². The van der Waals surface area contributed by atoms with Crippen molar-refractivity contribution in [1.29, 1.82) is 0 Å². The molecule has 2 aromatic carbocycles. The lowest BCUT2D eigenvalue weighted by Crippen LogP contribution is -2.43. The van der Waals surface area contributed by atoms with Gasteiger partial charge in [-0.25, -0.2) is 9.18 Å². The third-order valence-corrected chi connectivity index (χ3v) is 4.41. The van der Waals surface area contributed by atoms with Crippen molar-refractivity contribution in [2.75, 3.05) is 7.11 Å². The molecule has 0 radical (unpaired) electrons. The molecule has 0 aliphatic carbocycles. The van der Waals surface area contributed by atoms with Crippen molar-refractivity contribution in [3.63, 3.8) is 0 Å².